The monoisotopic (exact) mass is 300 g/mol. The summed E-state index contributed by atoms with van der Waals surface area (Å²) in [5.74, 6) is 0.865. The molecule has 0 amide bonds. The number of ether oxygens (including phenoxy) is 1. The molecule has 0 aliphatic heterocycles. The van der Waals surface area contributed by atoms with Crippen LogP contribution in [0.25, 0.3) is 5.65 Å². The number of tetrazole rings is 1. The molecule has 0 saturated heterocycles. The second-order valence-corrected chi connectivity index (χ2v) is 4.18. The molecule has 0 aliphatic rings. The van der Waals surface area contributed by atoms with Crippen molar-refractivity contribution in [1.29, 1.82) is 0 Å². The van der Waals surface area contributed by atoms with E-state index in [4.69, 9.17) is 4.74 Å². The molecule has 0 fully saturated rings. The van der Waals surface area contributed by atoms with Gasteiger partial charge in [-0.2, -0.15) is 4.52 Å². The van der Waals surface area contributed by atoms with Crippen molar-refractivity contribution >= 4 is 27.4 Å². The molecule has 2 rings (SSSR count). The van der Waals surface area contributed by atoms with Gasteiger partial charge in [-0.15, -0.1) is 5.10 Å². The second-order valence-electron chi connectivity index (χ2n) is 3.38. The largest absolute Gasteiger partial charge is 0.383 e. The standard InChI is InChI=1S/C9H13BrN6O/c1-17-5-4-15(3-2-10)9-7-11-6-8-12-13-14-16(8)9/h6-7H,2-5H2,1H3. The number of fused-ring (bicyclic) bond motifs is 1. The number of hydrogen-bond donors (Lipinski definition) is 0. The molecule has 0 aromatic carbocycles. The molecule has 0 unspecified atom stereocenters. The Balaban J connectivity index is 2.30. The van der Waals surface area contributed by atoms with Gasteiger partial charge in [-0.1, -0.05) is 15.9 Å². The van der Waals surface area contributed by atoms with Crippen LogP contribution in [-0.2, 0) is 4.74 Å². The molecule has 92 valence electrons. The van der Waals surface area contributed by atoms with Crippen molar-refractivity contribution in [2.45, 2.75) is 0 Å². The molecule has 17 heavy (non-hydrogen) atoms. The summed E-state index contributed by atoms with van der Waals surface area (Å²) in [7, 11) is 1.68. The first kappa shape index (κ1) is 12.2. The third-order valence-corrected chi connectivity index (χ3v) is 2.69. The van der Waals surface area contributed by atoms with Crippen LogP contribution in [0.4, 0.5) is 5.82 Å². The van der Waals surface area contributed by atoms with Gasteiger partial charge in [0.1, 0.15) is 0 Å². The lowest BCUT2D eigenvalue weighted by molar-refractivity contribution is 0.205. The first-order chi connectivity index (χ1) is 8.36. The minimum atomic E-state index is 0.638. The molecule has 0 atom stereocenters. The van der Waals surface area contributed by atoms with Gasteiger partial charge in [0.15, 0.2) is 11.5 Å². The Morgan fingerprint density at radius 1 is 1.41 bits per heavy atom. The summed E-state index contributed by atoms with van der Waals surface area (Å²) in [6.07, 6.45) is 3.38. The maximum atomic E-state index is 5.10. The summed E-state index contributed by atoms with van der Waals surface area (Å²) in [5, 5.41) is 12.3. The van der Waals surface area contributed by atoms with Crippen molar-refractivity contribution in [3.05, 3.63) is 12.4 Å². The first-order valence-corrected chi connectivity index (χ1v) is 6.31. The fourth-order valence-corrected chi connectivity index (χ4v) is 1.95. The Labute approximate surface area is 107 Å². The molecule has 2 heterocycles. The van der Waals surface area contributed by atoms with E-state index in [0.29, 0.717) is 12.3 Å². The zero-order valence-electron chi connectivity index (χ0n) is 9.45. The number of methoxy groups -OCH3 is 1. The van der Waals surface area contributed by atoms with Crippen molar-refractivity contribution < 1.29 is 4.74 Å². The third-order valence-electron chi connectivity index (χ3n) is 2.33. The Morgan fingerprint density at radius 2 is 2.29 bits per heavy atom. The molecule has 0 bridgehead atoms. The van der Waals surface area contributed by atoms with Gasteiger partial charge in [0.25, 0.3) is 0 Å². The third kappa shape index (κ3) is 2.70. The fraction of sp³-hybridized carbons (Fsp3) is 0.556. The Bertz CT molecular complexity index is 475. The number of alkyl halides is 1. The highest BCUT2D eigenvalue weighted by Gasteiger charge is 2.11. The van der Waals surface area contributed by atoms with Gasteiger partial charge < -0.3 is 9.64 Å². The minimum absolute atomic E-state index is 0.638. The highest BCUT2D eigenvalue weighted by atomic mass is 79.9. The SMILES string of the molecule is COCCN(CCBr)c1cncc2nnnn12. The molecule has 0 radical (unpaired) electrons. The first-order valence-electron chi connectivity index (χ1n) is 5.18. The van der Waals surface area contributed by atoms with Crippen LogP contribution in [0.15, 0.2) is 12.4 Å². The Morgan fingerprint density at radius 3 is 3.06 bits per heavy atom. The zero-order chi connectivity index (χ0) is 12.1. The summed E-state index contributed by atoms with van der Waals surface area (Å²) in [6.45, 7) is 2.25. The predicted octanol–water partition coefficient (Wildman–Crippen LogP) is 0.367. The average molecular weight is 301 g/mol. The lowest BCUT2D eigenvalue weighted by Crippen LogP contribution is -2.31. The van der Waals surface area contributed by atoms with Crippen LogP contribution < -0.4 is 4.90 Å². The van der Waals surface area contributed by atoms with E-state index in [2.05, 4.69) is 41.3 Å². The van der Waals surface area contributed by atoms with Crippen LogP contribution in [0.3, 0.4) is 0 Å². The van der Waals surface area contributed by atoms with E-state index in [1.165, 1.54) is 0 Å². The quantitative estimate of drug-likeness (QED) is 0.718. The van der Waals surface area contributed by atoms with E-state index in [1.54, 1.807) is 24.0 Å². The molecule has 0 N–H and O–H groups in total. The number of anilines is 1. The average Bonchev–Trinajstić information content (AvgIpc) is 2.82. The van der Waals surface area contributed by atoms with Gasteiger partial charge in [0.05, 0.1) is 19.0 Å². The van der Waals surface area contributed by atoms with E-state index >= 15 is 0 Å². The summed E-state index contributed by atoms with van der Waals surface area (Å²) < 4.78 is 6.77. The van der Waals surface area contributed by atoms with Crippen LogP contribution in [-0.4, -0.2) is 57.2 Å². The lowest BCUT2D eigenvalue weighted by Gasteiger charge is -2.22. The van der Waals surface area contributed by atoms with Crippen molar-refractivity contribution in [3.8, 4) is 0 Å². The van der Waals surface area contributed by atoms with E-state index in [1.807, 2.05) is 0 Å². The molecule has 0 spiro atoms. The Kier molecular flexibility index (Phi) is 4.21. The maximum Gasteiger partial charge on any atom is 0.199 e. The molecule has 8 heteroatoms. The van der Waals surface area contributed by atoms with Gasteiger partial charge in [-0.25, -0.2) is 0 Å². The van der Waals surface area contributed by atoms with Crippen LogP contribution in [0.2, 0.25) is 0 Å². The highest BCUT2D eigenvalue weighted by molar-refractivity contribution is 9.09. The van der Waals surface area contributed by atoms with Crippen molar-refractivity contribution in [2.75, 3.05) is 37.0 Å². The predicted molar refractivity (Wildman–Crippen MR) is 66.5 cm³/mol. The lowest BCUT2D eigenvalue weighted by atomic mass is 10.4. The molecule has 0 aliphatic carbocycles. The Hall–Kier alpha value is -1.28. The van der Waals surface area contributed by atoms with Crippen LogP contribution in [0.1, 0.15) is 0 Å². The van der Waals surface area contributed by atoms with Crippen LogP contribution in [0.5, 0.6) is 0 Å². The highest BCUT2D eigenvalue weighted by Crippen LogP contribution is 2.12. The number of aromatic nitrogens is 5. The molecular formula is C9H13BrN6O. The zero-order valence-corrected chi connectivity index (χ0v) is 11.0. The number of nitrogens with zero attached hydrogens (tertiary/aromatic N) is 6. The minimum Gasteiger partial charge on any atom is -0.383 e. The van der Waals surface area contributed by atoms with Gasteiger partial charge in [-0.05, 0) is 10.4 Å². The fourth-order valence-electron chi connectivity index (χ4n) is 1.52. The summed E-state index contributed by atoms with van der Waals surface area (Å²) in [5.41, 5.74) is 0.638. The number of halogens is 1. The van der Waals surface area contributed by atoms with Gasteiger partial charge in [0, 0.05) is 25.5 Å². The molecule has 0 saturated carbocycles. The molecule has 2 aromatic rings. The normalized spacial score (nSPS) is 10.9. The van der Waals surface area contributed by atoms with E-state index < -0.39 is 0 Å². The number of hydrogen-bond acceptors (Lipinski definition) is 6. The summed E-state index contributed by atoms with van der Waals surface area (Å²) in [6, 6.07) is 0. The molecule has 2 aromatic heterocycles. The smallest absolute Gasteiger partial charge is 0.199 e. The summed E-state index contributed by atoms with van der Waals surface area (Å²) in [4.78, 5) is 6.25. The van der Waals surface area contributed by atoms with E-state index in [0.717, 1.165) is 24.2 Å². The second kappa shape index (κ2) is 5.87. The number of rotatable bonds is 6. The molecule has 7 nitrogen and oxygen atoms in total. The van der Waals surface area contributed by atoms with Crippen molar-refractivity contribution in [1.82, 2.24) is 25.0 Å². The van der Waals surface area contributed by atoms with Gasteiger partial charge >= 0.3 is 0 Å². The van der Waals surface area contributed by atoms with E-state index in [-0.39, 0.29) is 0 Å². The maximum absolute atomic E-state index is 5.10. The van der Waals surface area contributed by atoms with Gasteiger partial charge in [0.2, 0.25) is 0 Å². The molecular weight excluding hydrogens is 288 g/mol. The van der Waals surface area contributed by atoms with Crippen LogP contribution in [0, 0.1) is 0 Å². The van der Waals surface area contributed by atoms with Crippen molar-refractivity contribution in [2.24, 2.45) is 0 Å². The summed E-state index contributed by atoms with van der Waals surface area (Å²) >= 11 is 3.43. The van der Waals surface area contributed by atoms with Crippen LogP contribution >= 0.6 is 15.9 Å². The van der Waals surface area contributed by atoms with Gasteiger partial charge in [-0.3, -0.25) is 4.98 Å². The topological polar surface area (TPSA) is 68.4 Å². The van der Waals surface area contributed by atoms with Crippen molar-refractivity contribution in [3.63, 3.8) is 0 Å². The van der Waals surface area contributed by atoms with E-state index in [9.17, 15) is 0 Å².